The average Bonchev–Trinajstić information content (AvgIpc) is 2.27. The van der Waals surface area contributed by atoms with E-state index in [1.54, 1.807) is 0 Å². The lowest BCUT2D eigenvalue weighted by atomic mass is 9.60. The molecule has 0 amide bonds. The Morgan fingerprint density at radius 1 is 1.19 bits per heavy atom. The van der Waals surface area contributed by atoms with E-state index in [0.29, 0.717) is 0 Å². The molecular formula is C14H26N2. The zero-order valence-electron chi connectivity index (χ0n) is 10.7. The van der Waals surface area contributed by atoms with Gasteiger partial charge in [0.15, 0.2) is 0 Å². The highest BCUT2D eigenvalue weighted by atomic mass is 15.2. The van der Waals surface area contributed by atoms with Crippen molar-refractivity contribution < 1.29 is 0 Å². The minimum absolute atomic E-state index is 0.761. The van der Waals surface area contributed by atoms with Crippen molar-refractivity contribution in [3.63, 3.8) is 0 Å². The van der Waals surface area contributed by atoms with Gasteiger partial charge in [0.2, 0.25) is 0 Å². The molecule has 0 aromatic heterocycles. The second kappa shape index (κ2) is 4.30. The Kier molecular flexibility index (Phi) is 2.97. The molecule has 2 nitrogen and oxygen atoms in total. The van der Waals surface area contributed by atoms with Gasteiger partial charge in [0.05, 0.1) is 0 Å². The van der Waals surface area contributed by atoms with E-state index in [0.717, 1.165) is 17.4 Å². The number of nitrogens with one attached hydrogen (secondary N) is 1. The lowest BCUT2D eigenvalue weighted by Gasteiger charge is -2.55. The van der Waals surface area contributed by atoms with E-state index in [1.165, 1.54) is 64.7 Å². The maximum atomic E-state index is 3.50. The van der Waals surface area contributed by atoms with Crippen molar-refractivity contribution in [2.45, 2.75) is 51.5 Å². The van der Waals surface area contributed by atoms with E-state index in [1.807, 2.05) is 0 Å². The fourth-order valence-corrected chi connectivity index (χ4v) is 4.12. The third-order valence-corrected chi connectivity index (χ3v) is 5.21. The number of nitrogens with zero attached hydrogens (tertiary/aromatic N) is 1. The summed E-state index contributed by atoms with van der Waals surface area (Å²) in [6.45, 7) is 7.71. The van der Waals surface area contributed by atoms with E-state index < -0.39 is 0 Å². The van der Waals surface area contributed by atoms with E-state index in [2.05, 4.69) is 17.1 Å². The molecule has 3 rings (SSSR count). The Bertz CT molecular complexity index is 237. The molecule has 2 heteroatoms. The van der Waals surface area contributed by atoms with Crippen LogP contribution in [0.5, 0.6) is 0 Å². The molecule has 1 unspecified atom stereocenters. The largest absolute Gasteiger partial charge is 0.317 e. The van der Waals surface area contributed by atoms with Gasteiger partial charge in [-0.3, -0.25) is 0 Å². The molecule has 3 fully saturated rings. The van der Waals surface area contributed by atoms with Crippen molar-refractivity contribution in [1.82, 2.24) is 10.2 Å². The third-order valence-electron chi connectivity index (χ3n) is 5.21. The summed E-state index contributed by atoms with van der Waals surface area (Å²) in [4.78, 5) is 2.79. The Morgan fingerprint density at radius 3 is 2.62 bits per heavy atom. The van der Waals surface area contributed by atoms with Gasteiger partial charge in [-0.2, -0.15) is 0 Å². The van der Waals surface area contributed by atoms with Crippen molar-refractivity contribution >= 4 is 0 Å². The Hall–Kier alpha value is -0.0800. The quantitative estimate of drug-likeness (QED) is 0.732. The maximum absolute atomic E-state index is 3.50. The summed E-state index contributed by atoms with van der Waals surface area (Å²) in [6, 6.07) is 0.945. The van der Waals surface area contributed by atoms with Crippen LogP contribution in [-0.2, 0) is 0 Å². The first-order valence-corrected chi connectivity index (χ1v) is 7.22. The monoisotopic (exact) mass is 222 g/mol. The number of rotatable bonds is 1. The number of likely N-dealkylation sites (tertiary alicyclic amines) is 1. The molecule has 1 saturated carbocycles. The molecule has 0 radical (unpaired) electrons. The standard InChI is InChI=1S/C14H26N2/c1-12-3-2-8-16(11-12)13-9-14(10-13)4-6-15-7-5-14/h12-13,15H,2-11H2,1H3. The van der Waals surface area contributed by atoms with Crippen LogP contribution >= 0.6 is 0 Å². The second-order valence-electron chi connectivity index (χ2n) is 6.55. The fraction of sp³-hybridized carbons (Fsp3) is 1.00. The minimum Gasteiger partial charge on any atom is -0.317 e. The molecule has 2 saturated heterocycles. The van der Waals surface area contributed by atoms with Crippen LogP contribution in [0.15, 0.2) is 0 Å². The van der Waals surface area contributed by atoms with Crippen molar-refractivity contribution in [2.75, 3.05) is 26.2 Å². The second-order valence-corrected chi connectivity index (χ2v) is 6.55. The van der Waals surface area contributed by atoms with E-state index in [4.69, 9.17) is 0 Å². The van der Waals surface area contributed by atoms with Crippen LogP contribution in [0.2, 0.25) is 0 Å². The van der Waals surface area contributed by atoms with Crippen molar-refractivity contribution in [2.24, 2.45) is 11.3 Å². The van der Waals surface area contributed by atoms with Crippen LogP contribution < -0.4 is 5.32 Å². The van der Waals surface area contributed by atoms with Crippen LogP contribution in [0, 0.1) is 11.3 Å². The Labute approximate surface area is 99.8 Å². The molecule has 3 aliphatic rings. The summed E-state index contributed by atoms with van der Waals surface area (Å²) >= 11 is 0. The molecule has 92 valence electrons. The smallest absolute Gasteiger partial charge is 0.0106 e. The highest BCUT2D eigenvalue weighted by Crippen LogP contribution is 2.50. The van der Waals surface area contributed by atoms with E-state index in [9.17, 15) is 0 Å². The molecule has 0 aromatic rings. The van der Waals surface area contributed by atoms with Crippen LogP contribution in [-0.4, -0.2) is 37.1 Å². The lowest BCUT2D eigenvalue weighted by Crippen LogP contribution is -2.56. The van der Waals surface area contributed by atoms with Gasteiger partial charge in [-0.15, -0.1) is 0 Å². The number of piperidine rings is 2. The summed E-state index contributed by atoms with van der Waals surface area (Å²) in [5, 5.41) is 3.50. The van der Waals surface area contributed by atoms with Gasteiger partial charge in [0, 0.05) is 12.6 Å². The van der Waals surface area contributed by atoms with Crippen LogP contribution in [0.25, 0.3) is 0 Å². The Morgan fingerprint density at radius 2 is 1.94 bits per heavy atom. The van der Waals surface area contributed by atoms with Crippen molar-refractivity contribution in [3.05, 3.63) is 0 Å². The van der Waals surface area contributed by atoms with Crippen LogP contribution in [0.3, 0.4) is 0 Å². The molecule has 2 heterocycles. The molecule has 0 aromatic carbocycles. The summed E-state index contributed by atoms with van der Waals surface area (Å²) in [6.07, 6.45) is 8.77. The predicted molar refractivity (Wildman–Crippen MR) is 67.5 cm³/mol. The summed E-state index contributed by atoms with van der Waals surface area (Å²) in [5.41, 5.74) is 0.761. The average molecular weight is 222 g/mol. The highest BCUT2D eigenvalue weighted by molar-refractivity contribution is 5.01. The van der Waals surface area contributed by atoms with Gasteiger partial charge >= 0.3 is 0 Å². The van der Waals surface area contributed by atoms with Gasteiger partial charge < -0.3 is 10.2 Å². The molecule has 1 N–H and O–H groups in total. The van der Waals surface area contributed by atoms with Gasteiger partial charge in [-0.25, -0.2) is 0 Å². The van der Waals surface area contributed by atoms with Gasteiger partial charge in [-0.1, -0.05) is 6.92 Å². The van der Waals surface area contributed by atoms with E-state index in [-0.39, 0.29) is 0 Å². The van der Waals surface area contributed by atoms with Gasteiger partial charge in [0.1, 0.15) is 0 Å². The summed E-state index contributed by atoms with van der Waals surface area (Å²) in [5.74, 6) is 0.943. The SMILES string of the molecule is CC1CCCN(C2CC3(CCNCC3)C2)C1. The maximum Gasteiger partial charge on any atom is 0.0106 e. The number of hydrogen-bond donors (Lipinski definition) is 1. The topological polar surface area (TPSA) is 15.3 Å². The van der Waals surface area contributed by atoms with Crippen LogP contribution in [0.1, 0.15) is 45.4 Å². The first kappa shape index (κ1) is 11.0. The van der Waals surface area contributed by atoms with Crippen molar-refractivity contribution in [1.29, 1.82) is 0 Å². The molecular weight excluding hydrogens is 196 g/mol. The summed E-state index contributed by atoms with van der Waals surface area (Å²) < 4.78 is 0. The molecule has 16 heavy (non-hydrogen) atoms. The lowest BCUT2D eigenvalue weighted by molar-refractivity contribution is -0.0345. The van der Waals surface area contributed by atoms with Gasteiger partial charge in [-0.05, 0) is 69.5 Å². The highest BCUT2D eigenvalue weighted by Gasteiger charge is 2.46. The zero-order chi connectivity index (χ0) is 11.0. The summed E-state index contributed by atoms with van der Waals surface area (Å²) in [7, 11) is 0. The first-order chi connectivity index (χ1) is 7.77. The molecule has 1 atom stereocenters. The zero-order valence-corrected chi connectivity index (χ0v) is 10.7. The molecule has 1 aliphatic carbocycles. The fourth-order valence-electron chi connectivity index (χ4n) is 4.12. The first-order valence-electron chi connectivity index (χ1n) is 7.22. The van der Waals surface area contributed by atoms with Gasteiger partial charge in [0.25, 0.3) is 0 Å². The third kappa shape index (κ3) is 2.02. The van der Waals surface area contributed by atoms with E-state index >= 15 is 0 Å². The normalized spacial score (nSPS) is 36.2. The van der Waals surface area contributed by atoms with Crippen LogP contribution in [0.4, 0.5) is 0 Å². The Balaban J connectivity index is 1.52. The van der Waals surface area contributed by atoms with Crippen molar-refractivity contribution in [3.8, 4) is 0 Å². The molecule has 1 spiro atoms. The number of hydrogen-bond acceptors (Lipinski definition) is 2. The molecule has 0 bridgehead atoms. The minimum atomic E-state index is 0.761. The predicted octanol–water partition coefficient (Wildman–Crippen LogP) is 2.25. The molecule has 2 aliphatic heterocycles.